The molecule has 1 aliphatic rings. The van der Waals surface area contributed by atoms with E-state index in [1.807, 2.05) is 13.0 Å². The molecule has 1 fully saturated rings. The van der Waals surface area contributed by atoms with Crippen molar-refractivity contribution in [1.82, 2.24) is 0 Å². The summed E-state index contributed by atoms with van der Waals surface area (Å²) in [5.74, 6) is -0.233. The molecular formula is C16H23FO3. The normalized spacial score (nSPS) is 26.6. The van der Waals surface area contributed by atoms with Gasteiger partial charge in [-0.25, -0.2) is 4.39 Å². The molecular weight excluding hydrogens is 259 g/mol. The van der Waals surface area contributed by atoms with E-state index < -0.39 is 0 Å². The predicted octanol–water partition coefficient (Wildman–Crippen LogP) is 3.66. The van der Waals surface area contributed by atoms with Crippen LogP contribution in [0.2, 0.25) is 0 Å². The first-order valence-electron chi connectivity index (χ1n) is 7.36. The average Bonchev–Trinajstić information content (AvgIpc) is 2.47. The van der Waals surface area contributed by atoms with Crippen LogP contribution >= 0.6 is 0 Å². The van der Waals surface area contributed by atoms with E-state index in [0.29, 0.717) is 12.2 Å². The van der Waals surface area contributed by atoms with Crippen molar-refractivity contribution in [3.05, 3.63) is 35.6 Å². The molecule has 0 spiro atoms. The van der Waals surface area contributed by atoms with Crippen LogP contribution in [0.25, 0.3) is 0 Å². The zero-order valence-corrected chi connectivity index (χ0v) is 12.2. The van der Waals surface area contributed by atoms with Gasteiger partial charge in [0.25, 0.3) is 0 Å². The van der Waals surface area contributed by atoms with Crippen molar-refractivity contribution in [3.63, 3.8) is 0 Å². The lowest BCUT2D eigenvalue weighted by molar-refractivity contribution is -0.264. The summed E-state index contributed by atoms with van der Waals surface area (Å²) < 4.78 is 30.8. The number of ether oxygens (including phenoxy) is 3. The standard InChI is InChI=1S/C16H23FO3/c1-3-7-14-15(11-19-16(4-2)20-14)18-10-12-8-5-6-9-13(12)17/h5-6,8-9,14-16H,3-4,7,10-11H2,1-2H3/t14-,15-,16+/m1/s1. The molecule has 1 saturated heterocycles. The van der Waals surface area contributed by atoms with Crippen LogP contribution in [0.15, 0.2) is 24.3 Å². The minimum atomic E-state index is -0.233. The van der Waals surface area contributed by atoms with Crippen LogP contribution in [-0.4, -0.2) is 25.1 Å². The molecule has 112 valence electrons. The number of benzene rings is 1. The smallest absolute Gasteiger partial charge is 0.157 e. The molecule has 2 rings (SSSR count). The Morgan fingerprint density at radius 3 is 2.80 bits per heavy atom. The maximum absolute atomic E-state index is 13.6. The van der Waals surface area contributed by atoms with Crippen molar-refractivity contribution in [2.45, 2.75) is 58.2 Å². The second-order valence-electron chi connectivity index (χ2n) is 5.08. The summed E-state index contributed by atoms with van der Waals surface area (Å²) in [4.78, 5) is 0. The van der Waals surface area contributed by atoms with Gasteiger partial charge in [0.15, 0.2) is 6.29 Å². The summed E-state index contributed by atoms with van der Waals surface area (Å²) >= 11 is 0. The molecule has 0 aromatic heterocycles. The zero-order chi connectivity index (χ0) is 14.4. The third-order valence-electron chi connectivity index (χ3n) is 3.50. The van der Waals surface area contributed by atoms with E-state index >= 15 is 0 Å². The molecule has 0 N–H and O–H groups in total. The summed E-state index contributed by atoms with van der Waals surface area (Å²) in [5, 5.41) is 0. The van der Waals surface area contributed by atoms with Crippen molar-refractivity contribution >= 4 is 0 Å². The minimum absolute atomic E-state index is 0.0328. The second-order valence-corrected chi connectivity index (χ2v) is 5.08. The van der Waals surface area contributed by atoms with Crippen LogP contribution in [0.5, 0.6) is 0 Å². The van der Waals surface area contributed by atoms with Gasteiger partial charge in [0.1, 0.15) is 11.9 Å². The molecule has 3 nitrogen and oxygen atoms in total. The van der Waals surface area contributed by atoms with E-state index in [9.17, 15) is 4.39 Å². The molecule has 1 aromatic rings. The van der Waals surface area contributed by atoms with Crippen molar-refractivity contribution in [1.29, 1.82) is 0 Å². The van der Waals surface area contributed by atoms with Crippen LogP contribution in [0, 0.1) is 5.82 Å². The van der Waals surface area contributed by atoms with Gasteiger partial charge in [-0.3, -0.25) is 0 Å². The van der Waals surface area contributed by atoms with Gasteiger partial charge in [-0.05, 0) is 18.9 Å². The average molecular weight is 282 g/mol. The van der Waals surface area contributed by atoms with Gasteiger partial charge >= 0.3 is 0 Å². The highest BCUT2D eigenvalue weighted by Crippen LogP contribution is 2.22. The monoisotopic (exact) mass is 282 g/mol. The first-order chi connectivity index (χ1) is 9.74. The number of hydrogen-bond acceptors (Lipinski definition) is 3. The van der Waals surface area contributed by atoms with E-state index in [1.54, 1.807) is 12.1 Å². The molecule has 3 atom stereocenters. The highest BCUT2D eigenvalue weighted by molar-refractivity contribution is 5.16. The van der Waals surface area contributed by atoms with E-state index in [-0.39, 0.29) is 30.9 Å². The van der Waals surface area contributed by atoms with Crippen molar-refractivity contribution in [2.75, 3.05) is 6.61 Å². The molecule has 0 aliphatic carbocycles. The van der Waals surface area contributed by atoms with Crippen molar-refractivity contribution in [3.8, 4) is 0 Å². The molecule has 20 heavy (non-hydrogen) atoms. The van der Waals surface area contributed by atoms with Gasteiger partial charge in [-0.15, -0.1) is 0 Å². The third-order valence-corrected chi connectivity index (χ3v) is 3.50. The fourth-order valence-electron chi connectivity index (χ4n) is 2.35. The summed E-state index contributed by atoms with van der Waals surface area (Å²) in [7, 11) is 0. The van der Waals surface area contributed by atoms with E-state index in [4.69, 9.17) is 14.2 Å². The molecule has 1 aromatic carbocycles. The van der Waals surface area contributed by atoms with Gasteiger partial charge in [0.2, 0.25) is 0 Å². The Labute approximate surface area is 120 Å². The Hall–Kier alpha value is -0.970. The molecule has 0 amide bonds. The Morgan fingerprint density at radius 1 is 1.30 bits per heavy atom. The molecule has 0 bridgehead atoms. The number of halogens is 1. The first kappa shape index (κ1) is 15.4. The predicted molar refractivity (Wildman–Crippen MR) is 74.8 cm³/mol. The third kappa shape index (κ3) is 4.01. The molecule has 0 saturated carbocycles. The molecule has 0 radical (unpaired) electrons. The Kier molecular flexibility index (Phi) is 5.95. The fraction of sp³-hybridized carbons (Fsp3) is 0.625. The lowest BCUT2D eigenvalue weighted by Gasteiger charge is -2.36. The topological polar surface area (TPSA) is 27.7 Å². The van der Waals surface area contributed by atoms with Crippen LogP contribution < -0.4 is 0 Å². The Morgan fingerprint density at radius 2 is 2.10 bits per heavy atom. The highest BCUT2D eigenvalue weighted by atomic mass is 19.1. The van der Waals surface area contributed by atoms with E-state index in [1.165, 1.54) is 6.07 Å². The summed E-state index contributed by atoms with van der Waals surface area (Å²) in [5.41, 5.74) is 0.570. The van der Waals surface area contributed by atoms with Crippen LogP contribution in [0.3, 0.4) is 0 Å². The van der Waals surface area contributed by atoms with Gasteiger partial charge < -0.3 is 14.2 Å². The van der Waals surface area contributed by atoms with Gasteiger partial charge in [-0.2, -0.15) is 0 Å². The van der Waals surface area contributed by atoms with E-state index in [2.05, 4.69) is 6.92 Å². The Bertz CT molecular complexity index is 410. The maximum atomic E-state index is 13.6. The van der Waals surface area contributed by atoms with Crippen LogP contribution in [0.4, 0.5) is 4.39 Å². The SMILES string of the molecule is CCC[C@H]1O[C@@H](CC)OC[C@H]1OCc1ccccc1F. The lowest BCUT2D eigenvalue weighted by atomic mass is 10.1. The Balaban J connectivity index is 1.92. The molecule has 1 heterocycles. The summed E-state index contributed by atoms with van der Waals surface area (Å²) in [6.07, 6.45) is 2.56. The molecule has 0 unspecified atom stereocenters. The quantitative estimate of drug-likeness (QED) is 0.797. The van der Waals surface area contributed by atoms with Crippen LogP contribution in [-0.2, 0) is 20.8 Å². The van der Waals surface area contributed by atoms with Gasteiger partial charge in [0, 0.05) is 5.56 Å². The van der Waals surface area contributed by atoms with E-state index in [0.717, 1.165) is 19.3 Å². The lowest BCUT2D eigenvalue weighted by Crippen LogP contribution is -2.44. The van der Waals surface area contributed by atoms with Gasteiger partial charge in [0.05, 0.1) is 19.3 Å². The summed E-state index contributed by atoms with van der Waals surface area (Å²) in [6.45, 7) is 4.92. The number of rotatable bonds is 6. The van der Waals surface area contributed by atoms with Crippen molar-refractivity contribution in [2.24, 2.45) is 0 Å². The molecule has 1 aliphatic heterocycles. The number of hydrogen-bond donors (Lipinski definition) is 0. The highest BCUT2D eigenvalue weighted by Gasteiger charge is 2.31. The maximum Gasteiger partial charge on any atom is 0.157 e. The largest absolute Gasteiger partial charge is 0.368 e. The van der Waals surface area contributed by atoms with Gasteiger partial charge in [-0.1, -0.05) is 38.5 Å². The summed E-state index contributed by atoms with van der Waals surface area (Å²) in [6, 6.07) is 6.68. The molecule has 4 heteroatoms. The fourth-order valence-corrected chi connectivity index (χ4v) is 2.35. The second kappa shape index (κ2) is 7.72. The van der Waals surface area contributed by atoms with Crippen LogP contribution in [0.1, 0.15) is 38.7 Å². The minimum Gasteiger partial charge on any atom is -0.368 e. The zero-order valence-electron chi connectivity index (χ0n) is 12.2. The first-order valence-corrected chi connectivity index (χ1v) is 7.36. The van der Waals surface area contributed by atoms with Crippen molar-refractivity contribution < 1.29 is 18.6 Å².